The monoisotopic (exact) mass is 1570 g/mol. The first-order valence-corrected chi connectivity index (χ1v) is 44.3. The van der Waals surface area contributed by atoms with E-state index in [0.29, 0.717) is 32.1 Å². The van der Waals surface area contributed by atoms with E-state index in [-0.39, 0.29) is 25.7 Å². The Morgan fingerprint density at radius 3 is 0.800 bits per heavy atom. The van der Waals surface area contributed by atoms with Gasteiger partial charge in [-0.15, -0.1) is 0 Å². The Hall–Kier alpha value is -6.36. The van der Waals surface area contributed by atoms with Crippen LogP contribution in [-0.4, -0.2) is 96.7 Å². The van der Waals surface area contributed by atoms with E-state index in [2.05, 4.69) is 216 Å². The first-order valence-electron chi connectivity index (χ1n) is 41.3. The Labute approximate surface area is 665 Å². The number of allylic oxidation sites excluding steroid dienone is 34. The van der Waals surface area contributed by atoms with Crippen LogP contribution in [0.2, 0.25) is 0 Å². The lowest BCUT2D eigenvalue weighted by Gasteiger charge is -2.21. The minimum absolute atomic E-state index is 0.0260. The maximum atomic E-state index is 13.1. The summed E-state index contributed by atoms with van der Waals surface area (Å²) in [6.45, 7) is 4.32. The second-order valence-electron chi connectivity index (χ2n) is 26.6. The van der Waals surface area contributed by atoms with Crippen LogP contribution in [0, 0.1) is 0 Å². The molecule has 19 heteroatoms. The Kier molecular flexibility index (Phi) is 76.0. The molecule has 0 aromatic heterocycles. The van der Waals surface area contributed by atoms with Crippen molar-refractivity contribution >= 4 is 39.5 Å². The number of hydrogen-bond donors (Lipinski definition) is 3. The summed E-state index contributed by atoms with van der Waals surface area (Å²) in [5.41, 5.74) is 0. The summed E-state index contributed by atoms with van der Waals surface area (Å²) in [5.74, 6) is -2.38. The molecule has 0 aliphatic rings. The molecular weight excluding hydrogens is 1430 g/mol. The highest BCUT2D eigenvalue weighted by Crippen LogP contribution is 2.45. The summed E-state index contributed by atoms with van der Waals surface area (Å²) in [4.78, 5) is 73.1. The molecule has 5 atom stereocenters. The summed E-state index contributed by atoms with van der Waals surface area (Å²) in [5, 5.41) is 10.7. The molecule has 0 fully saturated rings. The summed E-state index contributed by atoms with van der Waals surface area (Å²) in [7, 11) is -10.0. The summed E-state index contributed by atoms with van der Waals surface area (Å²) < 4.78 is 68.6. The first kappa shape index (κ1) is 104. The average Bonchev–Trinajstić information content (AvgIpc) is 0.942. The molecule has 0 spiro atoms. The molecule has 0 aromatic rings. The van der Waals surface area contributed by atoms with Crippen LogP contribution in [0.4, 0.5) is 0 Å². The van der Waals surface area contributed by atoms with E-state index < -0.39 is 97.5 Å². The van der Waals surface area contributed by atoms with Gasteiger partial charge < -0.3 is 33.8 Å². The molecule has 0 aliphatic heterocycles. The minimum atomic E-state index is -5.02. The summed E-state index contributed by atoms with van der Waals surface area (Å²) >= 11 is 0. The number of unbranched alkanes of at least 4 members (excludes halogenated alkanes) is 15. The number of ether oxygens (including phenoxy) is 4. The molecule has 0 heterocycles. The SMILES string of the molecule is CC/C=C\C/C=C\C/C=C\C/C=C\C/C=C\C/C=C\CCC(=O)OCC(COP(=O)(O)OCC(O)COP(=O)(O)OCC(COC(=O)CCCCC/C=C\C/C=C\C/C=C\C/C=C\C/C=C\CC)OC(=O)CCCCC/C=C\C/C=C\C/C=C\C/C=C\C/C=C\CC)OC(=O)CCCCCCC/C=C\CCCCCC. The fourth-order valence-corrected chi connectivity index (χ4v) is 11.6. The topological polar surface area (TPSA) is 237 Å². The van der Waals surface area contributed by atoms with Gasteiger partial charge in [-0.3, -0.25) is 37.3 Å². The van der Waals surface area contributed by atoms with Crippen LogP contribution in [-0.2, 0) is 65.4 Å². The van der Waals surface area contributed by atoms with E-state index in [1.54, 1.807) is 0 Å². The Bertz CT molecular complexity index is 2900. The van der Waals surface area contributed by atoms with Gasteiger partial charge in [0.1, 0.15) is 19.3 Å². The molecule has 0 aromatic carbocycles. The van der Waals surface area contributed by atoms with E-state index in [9.17, 15) is 43.2 Å². The molecule has 3 N–H and O–H groups in total. The molecule has 17 nitrogen and oxygen atoms in total. The predicted molar refractivity (Wildman–Crippen MR) is 454 cm³/mol. The van der Waals surface area contributed by atoms with Crippen molar-refractivity contribution < 1.29 is 80.2 Å². The molecule has 0 radical (unpaired) electrons. The highest BCUT2D eigenvalue weighted by molar-refractivity contribution is 7.47. The van der Waals surface area contributed by atoms with Crippen molar-refractivity contribution in [2.45, 2.75) is 303 Å². The summed E-state index contributed by atoms with van der Waals surface area (Å²) in [6.07, 6.45) is 101. The van der Waals surface area contributed by atoms with Crippen LogP contribution in [0.1, 0.15) is 285 Å². The van der Waals surface area contributed by atoms with Crippen LogP contribution in [0.25, 0.3) is 0 Å². The van der Waals surface area contributed by atoms with Crippen molar-refractivity contribution in [3.05, 3.63) is 207 Å². The van der Waals surface area contributed by atoms with Gasteiger partial charge in [-0.05, 0) is 180 Å². The van der Waals surface area contributed by atoms with Crippen LogP contribution in [0.5, 0.6) is 0 Å². The fraction of sp³-hybridized carbons (Fsp3) is 0.582. The third kappa shape index (κ3) is 79.7. The molecule has 0 saturated carbocycles. The number of phosphoric acid groups is 2. The molecular formula is C91H144O17P2. The largest absolute Gasteiger partial charge is 0.472 e. The zero-order chi connectivity index (χ0) is 80.3. The van der Waals surface area contributed by atoms with Crippen LogP contribution >= 0.6 is 15.6 Å². The molecule has 0 amide bonds. The highest BCUT2D eigenvalue weighted by atomic mass is 31.2. The lowest BCUT2D eigenvalue weighted by atomic mass is 10.1. The molecule has 0 rings (SSSR count). The average molecular weight is 1570 g/mol. The van der Waals surface area contributed by atoms with E-state index >= 15 is 0 Å². The molecule has 0 aliphatic carbocycles. The van der Waals surface area contributed by atoms with E-state index in [0.717, 1.165) is 173 Å². The zero-order valence-corrected chi connectivity index (χ0v) is 69.6. The van der Waals surface area contributed by atoms with Gasteiger partial charge in [-0.2, -0.15) is 0 Å². The Morgan fingerprint density at radius 2 is 0.491 bits per heavy atom. The van der Waals surface area contributed by atoms with E-state index in [1.165, 1.54) is 25.7 Å². The van der Waals surface area contributed by atoms with Crippen molar-refractivity contribution in [1.82, 2.24) is 0 Å². The highest BCUT2D eigenvalue weighted by Gasteiger charge is 2.30. The van der Waals surface area contributed by atoms with Crippen LogP contribution in [0.3, 0.4) is 0 Å². The maximum Gasteiger partial charge on any atom is 0.472 e. The normalized spacial score (nSPS) is 14.9. The molecule has 110 heavy (non-hydrogen) atoms. The molecule has 0 bridgehead atoms. The van der Waals surface area contributed by atoms with Crippen molar-refractivity contribution in [3.63, 3.8) is 0 Å². The van der Waals surface area contributed by atoms with Gasteiger partial charge in [0.25, 0.3) is 0 Å². The van der Waals surface area contributed by atoms with Crippen molar-refractivity contribution in [2.75, 3.05) is 39.6 Å². The van der Waals surface area contributed by atoms with Gasteiger partial charge in [0, 0.05) is 25.7 Å². The van der Waals surface area contributed by atoms with Crippen LogP contribution in [0.15, 0.2) is 207 Å². The third-order valence-electron chi connectivity index (χ3n) is 16.2. The van der Waals surface area contributed by atoms with Gasteiger partial charge in [-0.1, -0.05) is 286 Å². The van der Waals surface area contributed by atoms with Gasteiger partial charge >= 0.3 is 39.5 Å². The lowest BCUT2D eigenvalue weighted by molar-refractivity contribution is -0.161. The van der Waals surface area contributed by atoms with Gasteiger partial charge in [0.05, 0.1) is 26.4 Å². The molecule has 620 valence electrons. The number of aliphatic hydroxyl groups is 1. The van der Waals surface area contributed by atoms with Crippen molar-refractivity contribution in [2.24, 2.45) is 0 Å². The summed E-state index contributed by atoms with van der Waals surface area (Å²) in [6, 6.07) is 0. The van der Waals surface area contributed by atoms with Crippen molar-refractivity contribution in [1.29, 1.82) is 0 Å². The number of aliphatic hydroxyl groups excluding tert-OH is 1. The third-order valence-corrected chi connectivity index (χ3v) is 18.1. The van der Waals surface area contributed by atoms with Gasteiger partial charge in [0.15, 0.2) is 12.2 Å². The molecule has 0 saturated heterocycles. The van der Waals surface area contributed by atoms with E-state index in [4.69, 9.17) is 37.0 Å². The number of carbonyl (C=O) groups is 4. The lowest BCUT2D eigenvalue weighted by Crippen LogP contribution is -2.30. The van der Waals surface area contributed by atoms with Crippen molar-refractivity contribution in [3.8, 4) is 0 Å². The number of hydrogen-bond acceptors (Lipinski definition) is 15. The van der Waals surface area contributed by atoms with Gasteiger partial charge in [0.2, 0.25) is 0 Å². The Balaban J connectivity index is 5.53. The zero-order valence-electron chi connectivity index (χ0n) is 67.8. The second kappa shape index (κ2) is 80.7. The van der Waals surface area contributed by atoms with Crippen LogP contribution < -0.4 is 0 Å². The number of rotatable bonds is 75. The minimum Gasteiger partial charge on any atom is -0.462 e. The number of esters is 4. The van der Waals surface area contributed by atoms with E-state index in [1.807, 2.05) is 18.2 Å². The molecule has 5 unspecified atom stereocenters. The standard InChI is InChI=1S/C91H144O17P2/c1-5-9-13-17-21-25-29-33-36-39-42-45-48-52-55-59-63-67-71-75-88(93)101-81-86(107-90(95)77-73-69-65-61-57-51-32-28-24-20-16-12-8-4)83-105-109(97,98)103-79-85(92)80-104-110(99,100)106-84-87(108-91(96)78-74-70-66-62-58-54-50-47-44-41-38-35-31-27-23-19-15-11-7-3)82-102-89(94)76-72-68-64-60-56-53-49-46-43-40-37-34-30-26-22-18-14-10-6-2/h9-11,13-15,21-23,25-28,32-38,42-47,52-56,58,63,67,85-87,92H,5-8,12,16-20,24,29-31,39-41,48-51,57,59-62,64-66,68-84H2,1-4H3,(H,97,98)(H,99,100)/b13-9-,14-10-,15-11-,25-21-,26-22-,27-23-,32-28-,36-33-,37-34-,38-35-,45-42-,46-43-,47-44-,55-52-,56-53-,58-54-,67-63-. The quantitative estimate of drug-likeness (QED) is 0.0169. The Morgan fingerprint density at radius 1 is 0.264 bits per heavy atom. The number of phosphoric ester groups is 2. The fourth-order valence-electron chi connectivity index (χ4n) is 10.1. The van der Waals surface area contributed by atoms with Gasteiger partial charge in [-0.25, -0.2) is 9.13 Å². The first-order chi connectivity index (χ1) is 53.7. The second-order valence-corrected chi connectivity index (χ2v) is 29.5. The smallest absolute Gasteiger partial charge is 0.462 e. The maximum absolute atomic E-state index is 13.1. The number of carbonyl (C=O) groups excluding carboxylic acids is 4. The predicted octanol–water partition coefficient (Wildman–Crippen LogP) is 24.7.